The normalized spacial score (nSPS) is 22.9. The largest absolute Gasteiger partial charge is 0.381 e. The van der Waals surface area contributed by atoms with Gasteiger partial charge in [0.2, 0.25) is 0 Å². The second-order valence-corrected chi connectivity index (χ2v) is 6.16. The maximum Gasteiger partial charge on any atom is 0.0538 e. The number of halogens is 1. The van der Waals surface area contributed by atoms with Gasteiger partial charge in [0.25, 0.3) is 0 Å². The molecule has 2 nitrogen and oxygen atoms in total. The van der Waals surface area contributed by atoms with E-state index in [0.29, 0.717) is 0 Å². The highest BCUT2D eigenvalue weighted by atomic mass is 35.5. The minimum atomic E-state index is 0.216. The number of benzene rings is 1. The van der Waals surface area contributed by atoms with Crippen LogP contribution in [0, 0.1) is 12.3 Å². The highest BCUT2D eigenvalue weighted by Crippen LogP contribution is 2.34. The summed E-state index contributed by atoms with van der Waals surface area (Å²) in [5.74, 6) is 0. The van der Waals surface area contributed by atoms with Gasteiger partial charge < -0.3 is 10.1 Å². The Morgan fingerprint density at radius 3 is 2.89 bits per heavy atom. The van der Waals surface area contributed by atoms with Gasteiger partial charge in [-0.2, -0.15) is 0 Å². The zero-order valence-electron chi connectivity index (χ0n) is 12.0. The molecular formula is C16H24ClNO. The topological polar surface area (TPSA) is 21.3 Å². The molecule has 19 heavy (non-hydrogen) atoms. The van der Waals surface area contributed by atoms with Gasteiger partial charge in [0.05, 0.1) is 6.61 Å². The minimum absolute atomic E-state index is 0.216. The lowest BCUT2D eigenvalue weighted by Crippen LogP contribution is -2.37. The van der Waals surface area contributed by atoms with Crippen LogP contribution in [0.4, 0.5) is 0 Å². The Hall–Kier alpha value is -0.570. The fourth-order valence-corrected chi connectivity index (χ4v) is 3.02. The average Bonchev–Trinajstić information content (AvgIpc) is 2.82. The third kappa shape index (κ3) is 3.95. The molecule has 0 amide bonds. The highest BCUT2D eigenvalue weighted by Gasteiger charge is 2.35. The summed E-state index contributed by atoms with van der Waals surface area (Å²) >= 11 is 6.37. The summed E-state index contributed by atoms with van der Waals surface area (Å²) in [4.78, 5) is 0. The quantitative estimate of drug-likeness (QED) is 0.805. The van der Waals surface area contributed by atoms with Crippen molar-refractivity contribution in [1.82, 2.24) is 5.32 Å². The van der Waals surface area contributed by atoms with Crippen molar-refractivity contribution in [3.63, 3.8) is 0 Å². The lowest BCUT2D eigenvalue weighted by atomic mass is 9.80. The monoisotopic (exact) mass is 281 g/mol. The zero-order valence-corrected chi connectivity index (χ0v) is 12.7. The van der Waals surface area contributed by atoms with Crippen molar-refractivity contribution in [2.75, 3.05) is 26.3 Å². The summed E-state index contributed by atoms with van der Waals surface area (Å²) < 4.78 is 5.64. The molecule has 1 N–H and O–H groups in total. The van der Waals surface area contributed by atoms with Crippen molar-refractivity contribution in [3.8, 4) is 0 Å². The van der Waals surface area contributed by atoms with E-state index in [0.717, 1.165) is 44.2 Å². The fraction of sp³-hybridized carbons (Fsp3) is 0.625. The molecule has 0 aliphatic carbocycles. The highest BCUT2D eigenvalue weighted by molar-refractivity contribution is 6.31. The van der Waals surface area contributed by atoms with Crippen LogP contribution in [0.15, 0.2) is 18.2 Å². The van der Waals surface area contributed by atoms with Gasteiger partial charge in [-0.05, 0) is 49.9 Å². The van der Waals surface area contributed by atoms with Crippen molar-refractivity contribution in [2.45, 2.75) is 33.1 Å². The van der Waals surface area contributed by atoms with Crippen molar-refractivity contribution in [2.24, 2.45) is 5.41 Å². The molecule has 0 aromatic heterocycles. The van der Waals surface area contributed by atoms with Crippen LogP contribution in [0.3, 0.4) is 0 Å². The fourth-order valence-electron chi connectivity index (χ4n) is 2.72. The molecule has 1 aromatic carbocycles. The van der Waals surface area contributed by atoms with Crippen LogP contribution in [0.2, 0.25) is 5.02 Å². The van der Waals surface area contributed by atoms with Gasteiger partial charge in [0, 0.05) is 23.6 Å². The molecule has 0 spiro atoms. The zero-order chi connectivity index (χ0) is 13.7. The second kappa shape index (κ2) is 6.74. The van der Waals surface area contributed by atoms with Crippen molar-refractivity contribution in [3.05, 3.63) is 34.3 Å². The van der Waals surface area contributed by atoms with Gasteiger partial charge in [-0.1, -0.05) is 30.7 Å². The third-order valence-corrected chi connectivity index (χ3v) is 4.24. The molecule has 3 heteroatoms. The molecule has 1 aliphatic heterocycles. The second-order valence-electron chi connectivity index (χ2n) is 5.75. The standard InChI is InChI=1S/C16H24ClNO/c1-3-7-18-11-16(6-8-19-12-16)10-14-5-4-13(2)9-15(14)17/h4-5,9,18H,3,6-8,10-12H2,1-2H3. The van der Waals surface area contributed by atoms with E-state index in [1.165, 1.54) is 17.5 Å². The first-order chi connectivity index (χ1) is 9.15. The number of hydrogen-bond donors (Lipinski definition) is 1. The predicted molar refractivity (Wildman–Crippen MR) is 80.9 cm³/mol. The molecule has 2 rings (SSSR count). The van der Waals surface area contributed by atoms with Gasteiger partial charge in [0.15, 0.2) is 0 Å². The number of nitrogens with one attached hydrogen (secondary N) is 1. The van der Waals surface area contributed by atoms with Crippen LogP contribution in [0.5, 0.6) is 0 Å². The van der Waals surface area contributed by atoms with Crippen LogP contribution in [0.25, 0.3) is 0 Å². The van der Waals surface area contributed by atoms with Gasteiger partial charge in [-0.25, -0.2) is 0 Å². The smallest absolute Gasteiger partial charge is 0.0538 e. The molecule has 1 heterocycles. The van der Waals surface area contributed by atoms with E-state index in [1.54, 1.807) is 0 Å². The predicted octanol–water partition coefficient (Wildman–Crippen LogP) is 3.60. The molecular weight excluding hydrogens is 258 g/mol. The molecule has 1 aliphatic rings. The lowest BCUT2D eigenvalue weighted by molar-refractivity contribution is 0.149. The van der Waals surface area contributed by atoms with Crippen LogP contribution in [0.1, 0.15) is 30.9 Å². The summed E-state index contributed by atoms with van der Waals surface area (Å²) in [5.41, 5.74) is 2.68. The molecule has 0 bridgehead atoms. The first-order valence-corrected chi connectivity index (χ1v) is 7.56. The minimum Gasteiger partial charge on any atom is -0.381 e. The lowest BCUT2D eigenvalue weighted by Gasteiger charge is -2.28. The molecule has 106 valence electrons. The number of ether oxygens (including phenoxy) is 1. The Morgan fingerprint density at radius 2 is 2.26 bits per heavy atom. The number of rotatable bonds is 6. The van der Waals surface area contributed by atoms with Crippen molar-refractivity contribution in [1.29, 1.82) is 0 Å². The molecule has 1 aromatic rings. The Labute approximate surface area is 121 Å². The Kier molecular flexibility index (Phi) is 5.26. The SMILES string of the molecule is CCCNCC1(Cc2ccc(C)cc2Cl)CCOC1. The van der Waals surface area contributed by atoms with E-state index >= 15 is 0 Å². The van der Waals surface area contributed by atoms with Crippen LogP contribution < -0.4 is 5.32 Å². The molecule has 0 saturated carbocycles. The van der Waals surface area contributed by atoms with E-state index in [4.69, 9.17) is 16.3 Å². The summed E-state index contributed by atoms with van der Waals surface area (Å²) in [6.07, 6.45) is 3.29. The van der Waals surface area contributed by atoms with Gasteiger partial charge >= 0.3 is 0 Å². The third-order valence-electron chi connectivity index (χ3n) is 3.89. The Balaban J connectivity index is 2.07. The summed E-state index contributed by atoms with van der Waals surface area (Å²) in [6, 6.07) is 6.36. The molecule has 1 atom stereocenters. The van der Waals surface area contributed by atoms with E-state index in [9.17, 15) is 0 Å². The maximum absolute atomic E-state index is 6.37. The summed E-state index contributed by atoms with van der Waals surface area (Å²) in [7, 11) is 0. The van der Waals surface area contributed by atoms with Gasteiger partial charge in [0.1, 0.15) is 0 Å². The van der Waals surface area contributed by atoms with Gasteiger partial charge in [-0.15, -0.1) is 0 Å². The number of hydrogen-bond acceptors (Lipinski definition) is 2. The molecule has 0 radical (unpaired) electrons. The average molecular weight is 282 g/mol. The Bertz CT molecular complexity index is 413. The maximum atomic E-state index is 6.37. The van der Waals surface area contributed by atoms with E-state index in [1.807, 2.05) is 0 Å². The van der Waals surface area contributed by atoms with Crippen LogP contribution >= 0.6 is 11.6 Å². The molecule has 1 saturated heterocycles. The van der Waals surface area contributed by atoms with E-state index in [-0.39, 0.29) is 5.41 Å². The van der Waals surface area contributed by atoms with Gasteiger partial charge in [-0.3, -0.25) is 0 Å². The van der Waals surface area contributed by atoms with E-state index in [2.05, 4.69) is 37.4 Å². The van der Waals surface area contributed by atoms with Crippen LogP contribution in [-0.4, -0.2) is 26.3 Å². The van der Waals surface area contributed by atoms with Crippen LogP contribution in [-0.2, 0) is 11.2 Å². The first-order valence-electron chi connectivity index (χ1n) is 7.19. The molecule has 1 fully saturated rings. The van der Waals surface area contributed by atoms with Crippen molar-refractivity contribution < 1.29 is 4.74 Å². The number of aryl methyl sites for hydroxylation is 1. The Morgan fingerprint density at radius 1 is 1.42 bits per heavy atom. The van der Waals surface area contributed by atoms with Crippen molar-refractivity contribution >= 4 is 11.6 Å². The molecule has 1 unspecified atom stereocenters. The summed E-state index contributed by atoms with van der Waals surface area (Å²) in [5, 5.41) is 4.44. The first kappa shape index (κ1) is 14.8. The summed E-state index contributed by atoms with van der Waals surface area (Å²) in [6.45, 7) is 8.08. The van der Waals surface area contributed by atoms with E-state index < -0.39 is 0 Å².